The largest absolute Gasteiger partial charge is 0.368 e. The molecular formula is C11H17N3O4S. The second kappa shape index (κ2) is 5.40. The number of morpholine rings is 1. The van der Waals surface area contributed by atoms with Crippen LogP contribution < -0.4 is 5.56 Å². The Morgan fingerprint density at radius 1 is 1.58 bits per heavy atom. The highest BCUT2D eigenvalue weighted by Crippen LogP contribution is 2.20. The molecule has 2 heterocycles. The van der Waals surface area contributed by atoms with E-state index in [1.165, 1.54) is 10.4 Å². The van der Waals surface area contributed by atoms with Crippen LogP contribution in [-0.2, 0) is 14.8 Å². The Bertz CT molecular complexity index is 611. The Kier molecular flexibility index (Phi) is 4.02. The highest BCUT2D eigenvalue weighted by Gasteiger charge is 2.30. The number of aryl methyl sites for hydroxylation is 1. The third-order valence-corrected chi connectivity index (χ3v) is 4.83. The normalized spacial score (nSPS) is 21.5. The van der Waals surface area contributed by atoms with Gasteiger partial charge in [0.05, 0.1) is 12.4 Å². The molecule has 106 valence electrons. The second-order valence-electron chi connectivity index (χ2n) is 4.39. The van der Waals surface area contributed by atoms with Crippen molar-refractivity contribution in [1.29, 1.82) is 0 Å². The summed E-state index contributed by atoms with van der Waals surface area (Å²) in [5.74, 6) is 0.429. The van der Waals surface area contributed by atoms with Gasteiger partial charge in [0.15, 0.2) is 0 Å². The fraction of sp³-hybridized carbons (Fsp3) is 0.636. The Morgan fingerprint density at radius 2 is 2.32 bits per heavy atom. The zero-order valence-corrected chi connectivity index (χ0v) is 11.7. The smallest absolute Gasteiger partial charge is 0.251 e. The minimum Gasteiger partial charge on any atom is -0.368 e. The Morgan fingerprint density at radius 3 is 2.95 bits per heavy atom. The van der Waals surface area contributed by atoms with Gasteiger partial charge in [0.1, 0.15) is 11.9 Å². The van der Waals surface area contributed by atoms with Crippen molar-refractivity contribution in [1.82, 2.24) is 14.3 Å². The van der Waals surface area contributed by atoms with Gasteiger partial charge in [-0.05, 0) is 13.8 Å². The van der Waals surface area contributed by atoms with Crippen molar-refractivity contribution >= 4 is 10.0 Å². The molecule has 19 heavy (non-hydrogen) atoms. The molecule has 1 unspecified atom stereocenters. The van der Waals surface area contributed by atoms with E-state index < -0.39 is 16.1 Å². The van der Waals surface area contributed by atoms with Gasteiger partial charge in [0, 0.05) is 24.8 Å². The van der Waals surface area contributed by atoms with E-state index in [1.54, 1.807) is 13.8 Å². The van der Waals surface area contributed by atoms with Crippen molar-refractivity contribution in [2.24, 2.45) is 0 Å². The number of ether oxygens (including phenoxy) is 1. The first-order chi connectivity index (χ1) is 8.92. The van der Waals surface area contributed by atoms with Gasteiger partial charge in [-0.1, -0.05) is 0 Å². The molecule has 0 amide bonds. The number of H-pyrrole nitrogens is 1. The summed E-state index contributed by atoms with van der Waals surface area (Å²) < 4.78 is 30.6. The summed E-state index contributed by atoms with van der Waals surface area (Å²) in [4.78, 5) is 18.2. The molecule has 0 saturated carbocycles. The third-order valence-electron chi connectivity index (χ3n) is 2.98. The fourth-order valence-electron chi connectivity index (χ4n) is 1.98. The predicted octanol–water partition coefficient (Wildman–Crippen LogP) is -0.199. The van der Waals surface area contributed by atoms with Gasteiger partial charge in [0.25, 0.3) is 5.56 Å². The summed E-state index contributed by atoms with van der Waals surface area (Å²) in [6, 6.07) is 1.38. The fourth-order valence-corrected chi connectivity index (χ4v) is 3.06. The zero-order valence-electron chi connectivity index (χ0n) is 10.9. The lowest BCUT2D eigenvalue weighted by atomic mass is 10.3. The second-order valence-corrected chi connectivity index (χ2v) is 6.65. The first kappa shape index (κ1) is 14.2. The maximum atomic E-state index is 11.8. The van der Waals surface area contributed by atoms with Crippen LogP contribution in [0.5, 0.6) is 0 Å². The molecule has 0 aliphatic carbocycles. The molecule has 2 rings (SSSR count). The van der Waals surface area contributed by atoms with Crippen LogP contribution in [0, 0.1) is 6.92 Å². The predicted molar refractivity (Wildman–Crippen MR) is 69.3 cm³/mol. The first-order valence-electron chi connectivity index (χ1n) is 6.09. The topological polar surface area (TPSA) is 92.4 Å². The molecule has 1 fully saturated rings. The Balaban J connectivity index is 2.24. The third kappa shape index (κ3) is 3.20. The summed E-state index contributed by atoms with van der Waals surface area (Å²) in [6.45, 7) is 4.13. The van der Waals surface area contributed by atoms with Crippen molar-refractivity contribution in [2.45, 2.75) is 20.0 Å². The molecule has 0 radical (unpaired) electrons. The van der Waals surface area contributed by atoms with Crippen LogP contribution in [0.4, 0.5) is 0 Å². The molecule has 1 aliphatic heterocycles. The van der Waals surface area contributed by atoms with E-state index in [4.69, 9.17) is 4.74 Å². The van der Waals surface area contributed by atoms with Gasteiger partial charge in [0.2, 0.25) is 10.0 Å². The highest BCUT2D eigenvalue weighted by atomic mass is 32.2. The minimum absolute atomic E-state index is 0.0531. The average Bonchev–Trinajstić information content (AvgIpc) is 2.38. The molecule has 1 atom stereocenters. The van der Waals surface area contributed by atoms with E-state index in [1.807, 2.05) is 0 Å². The summed E-state index contributed by atoms with van der Waals surface area (Å²) in [6.07, 6.45) is -0.525. The molecule has 1 aromatic rings. The quantitative estimate of drug-likeness (QED) is 0.831. The van der Waals surface area contributed by atoms with Crippen LogP contribution in [0.25, 0.3) is 0 Å². The highest BCUT2D eigenvalue weighted by molar-refractivity contribution is 7.89. The van der Waals surface area contributed by atoms with Crippen LogP contribution in [0.2, 0.25) is 0 Å². The lowest BCUT2D eigenvalue weighted by molar-refractivity contribution is -0.00769. The number of rotatable bonds is 3. The van der Waals surface area contributed by atoms with Crippen molar-refractivity contribution in [3.63, 3.8) is 0 Å². The molecular weight excluding hydrogens is 270 g/mol. The first-order valence-corrected chi connectivity index (χ1v) is 7.70. The number of aromatic amines is 1. The summed E-state index contributed by atoms with van der Waals surface area (Å²) in [7, 11) is -3.25. The van der Waals surface area contributed by atoms with E-state index in [2.05, 4.69) is 9.97 Å². The Hall–Kier alpha value is -1.25. The zero-order chi connectivity index (χ0) is 14.0. The minimum atomic E-state index is -3.25. The van der Waals surface area contributed by atoms with Crippen LogP contribution >= 0.6 is 0 Å². The maximum Gasteiger partial charge on any atom is 0.251 e. The van der Waals surface area contributed by atoms with E-state index in [-0.39, 0.29) is 17.9 Å². The van der Waals surface area contributed by atoms with Crippen molar-refractivity contribution in [3.8, 4) is 0 Å². The van der Waals surface area contributed by atoms with Crippen LogP contribution in [0.1, 0.15) is 24.5 Å². The van der Waals surface area contributed by atoms with Gasteiger partial charge in [-0.25, -0.2) is 13.4 Å². The van der Waals surface area contributed by atoms with E-state index >= 15 is 0 Å². The molecule has 0 aromatic carbocycles. The molecule has 8 heteroatoms. The van der Waals surface area contributed by atoms with Crippen LogP contribution in [0.3, 0.4) is 0 Å². The molecule has 1 saturated heterocycles. The lowest BCUT2D eigenvalue weighted by Crippen LogP contribution is -2.43. The van der Waals surface area contributed by atoms with Crippen molar-refractivity contribution in [3.05, 3.63) is 27.9 Å². The molecule has 7 nitrogen and oxygen atoms in total. The molecule has 1 aliphatic rings. The van der Waals surface area contributed by atoms with Crippen molar-refractivity contribution in [2.75, 3.05) is 25.4 Å². The number of hydrogen-bond donors (Lipinski definition) is 1. The van der Waals surface area contributed by atoms with Gasteiger partial charge < -0.3 is 9.72 Å². The summed E-state index contributed by atoms with van der Waals surface area (Å²) in [5.41, 5.74) is 0.319. The molecule has 0 bridgehead atoms. The maximum absolute atomic E-state index is 11.8. The number of nitrogens with one attached hydrogen (secondary N) is 1. The molecule has 1 aromatic heterocycles. The number of aromatic nitrogens is 2. The number of sulfonamides is 1. The van der Waals surface area contributed by atoms with E-state index in [9.17, 15) is 13.2 Å². The van der Waals surface area contributed by atoms with Gasteiger partial charge in [-0.3, -0.25) is 4.79 Å². The van der Waals surface area contributed by atoms with Crippen LogP contribution in [0.15, 0.2) is 10.9 Å². The van der Waals surface area contributed by atoms with Gasteiger partial charge in [-0.15, -0.1) is 0 Å². The SMILES string of the molecule is CCS(=O)(=O)N1CCOC(c2nc(C)cc(=O)[nH]2)C1. The summed E-state index contributed by atoms with van der Waals surface area (Å²) >= 11 is 0. The number of hydrogen-bond acceptors (Lipinski definition) is 5. The van der Waals surface area contributed by atoms with Gasteiger partial charge in [-0.2, -0.15) is 4.31 Å². The Labute approximate surface area is 111 Å². The van der Waals surface area contributed by atoms with E-state index in [0.29, 0.717) is 24.7 Å². The summed E-state index contributed by atoms with van der Waals surface area (Å²) in [5, 5.41) is 0. The van der Waals surface area contributed by atoms with Crippen molar-refractivity contribution < 1.29 is 13.2 Å². The monoisotopic (exact) mass is 287 g/mol. The lowest BCUT2D eigenvalue weighted by Gasteiger charge is -2.31. The average molecular weight is 287 g/mol. The van der Waals surface area contributed by atoms with Gasteiger partial charge >= 0.3 is 0 Å². The number of nitrogens with zero attached hydrogens (tertiary/aromatic N) is 2. The molecule has 0 spiro atoms. The standard InChI is InChI=1S/C11H17N3O4S/c1-3-19(16,17)14-4-5-18-9(7-14)11-12-8(2)6-10(15)13-11/h6,9H,3-5,7H2,1-2H3,(H,12,13,15). The van der Waals surface area contributed by atoms with Crippen LogP contribution in [-0.4, -0.2) is 48.1 Å². The molecule has 1 N–H and O–H groups in total. The van der Waals surface area contributed by atoms with E-state index in [0.717, 1.165) is 0 Å².